The van der Waals surface area contributed by atoms with Crippen LogP contribution in [0.1, 0.15) is 19.8 Å². The Kier molecular flexibility index (Phi) is 4.33. The minimum atomic E-state index is -0.129. The second-order valence-electron chi connectivity index (χ2n) is 5.61. The predicted octanol–water partition coefficient (Wildman–Crippen LogP) is 4.13. The molecule has 0 aliphatic carbocycles. The molecule has 4 heteroatoms. The van der Waals surface area contributed by atoms with E-state index in [9.17, 15) is 4.79 Å². The van der Waals surface area contributed by atoms with Gasteiger partial charge < -0.3 is 15.6 Å². The molecule has 23 heavy (non-hydrogen) atoms. The first kappa shape index (κ1) is 15.2. The van der Waals surface area contributed by atoms with Gasteiger partial charge >= 0.3 is 0 Å². The summed E-state index contributed by atoms with van der Waals surface area (Å²) in [6.45, 7) is 2.80. The highest BCUT2D eigenvalue weighted by molar-refractivity contribution is 5.99. The van der Waals surface area contributed by atoms with E-state index in [-0.39, 0.29) is 11.2 Å². The van der Waals surface area contributed by atoms with Crippen LogP contribution in [0.5, 0.6) is 0 Å². The number of para-hydroxylation sites is 2. The van der Waals surface area contributed by atoms with E-state index in [4.69, 9.17) is 5.73 Å². The average molecular weight is 307 g/mol. The first-order valence-corrected chi connectivity index (χ1v) is 7.95. The van der Waals surface area contributed by atoms with E-state index in [1.165, 1.54) is 0 Å². The Morgan fingerprint density at radius 1 is 1.04 bits per heavy atom. The number of pyridine rings is 1. The number of benzene rings is 2. The number of hydrogen-bond donors (Lipinski definition) is 2. The van der Waals surface area contributed by atoms with Crippen molar-refractivity contribution in [1.82, 2.24) is 4.57 Å². The van der Waals surface area contributed by atoms with Gasteiger partial charge in [0.25, 0.3) is 5.56 Å². The van der Waals surface area contributed by atoms with Crippen LogP contribution in [0.15, 0.2) is 59.4 Å². The first-order valence-electron chi connectivity index (χ1n) is 7.95. The number of nitrogens with two attached hydrogens (primary N) is 1. The first-order chi connectivity index (χ1) is 11.2. The summed E-state index contributed by atoms with van der Waals surface area (Å²) in [6, 6.07) is 17.6. The minimum Gasteiger partial charge on any atom is -0.393 e. The number of fused-ring (bicyclic) bond motifs is 1. The maximum absolute atomic E-state index is 12.7. The summed E-state index contributed by atoms with van der Waals surface area (Å²) in [6.07, 6.45) is 1.99. The van der Waals surface area contributed by atoms with E-state index < -0.39 is 0 Å². The van der Waals surface area contributed by atoms with Crippen molar-refractivity contribution in [3.63, 3.8) is 0 Å². The molecule has 0 amide bonds. The zero-order chi connectivity index (χ0) is 16.2. The third kappa shape index (κ3) is 2.93. The molecule has 0 saturated carbocycles. The predicted molar refractivity (Wildman–Crippen MR) is 97.3 cm³/mol. The topological polar surface area (TPSA) is 60.0 Å². The molecule has 0 atom stereocenters. The monoisotopic (exact) mass is 307 g/mol. The van der Waals surface area contributed by atoms with Crippen molar-refractivity contribution in [3.05, 3.63) is 65.0 Å². The van der Waals surface area contributed by atoms with E-state index in [1.54, 1.807) is 4.57 Å². The Labute approximate surface area is 135 Å². The van der Waals surface area contributed by atoms with Crippen LogP contribution in [0.3, 0.4) is 0 Å². The molecule has 1 heterocycles. The molecule has 0 aliphatic rings. The molecule has 0 fully saturated rings. The smallest absolute Gasteiger partial charge is 0.276 e. The molecule has 0 saturated heterocycles. The van der Waals surface area contributed by atoms with Gasteiger partial charge in [-0.2, -0.15) is 0 Å². The van der Waals surface area contributed by atoms with E-state index in [2.05, 4.69) is 12.2 Å². The Hall–Kier alpha value is -2.75. The number of nitrogen functional groups attached to an aromatic ring is 1. The largest absolute Gasteiger partial charge is 0.393 e. The third-order valence-electron chi connectivity index (χ3n) is 3.99. The summed E-state index contributed by atoms with van der Waals surface area (Å²) < 4.78 is 1.78. The molecule has 0 spiro atoms. The molecule has 2 aromatic carbocycles. The number of hydrogen-bond acceptors (Lipinski definition) is 3. The van der Waals surface area contributed by atoms with Crippen LogP contribution in [0.25, 0.3) is 10.9 Å². The molecular formula is C19H21N3O. The van der Waals surface area contributed by atoms with Gasteiger partial charge in [-0.1, -0.05) is 49.7 Å². The van der Waals surface area contributed by atoms with Gasteiger partial charge in [-0.15, -0.1) is 0 Å². The average Bonchev–Trinajstić information content (AvgIpc) is 2.60. The normalized spacial score (nSPS) is 10.8. The zero-order valence-electron chi connectivity index (χ0n) is 13.3. The van der Waals surface area contributed by atoms with Crippen LogP contribution in [-0.2, 0) is 6.54 Å². The maximum Gasteiger partial charge on any atom is 0.276 e. The quantitative estimate of drug-likeness (QED) is 0.745. The van der Waals surface area contributed by atoms with Gasteiger partial charge in [0.1, 0.15) is 5.69 Å². The van der Waals surface area contributed by atoms with Gasteiger partial charge in [0, 0.05) is 17.6 Å². The lowest BCUT2D eigenvalue weighted by atomic mass is 10.1. The van der Waals surface area contributed by atoms with Crippen molar-refractivity contribution >= 4 is 28.0 Å². The molecule has 3 rings (SSSR count). The fraction of sp³-hybridized carbons (Fsp3) is 0.211. The molecule has 0 unspecified atom stereocenters. The number of aryl methyl sites for hydroxylation is 1. The van der Waals surface area contributed by atoms with Gasteiger partial charge in [0.05, 0.1) is 11.2 Å². The Balaban J connectivity index is 2.19. The third-order valence-corrected chi connectivity index (χ3v) is 3.99. The minimum absolute atomic E-state index is 0.129. The summed E-state index contributed by atoms with van der Waals surface area (Å²) >= 11 is 0. The Bertz CT molecular complexity index is 869. The second kappa shape index (κ2) is 6.57. The molecule has 3 aromatic rings. The highest BCUT2D eigenvalue weighted by atomic mass is 16.1. The lowest BCUT2D eigenvalue weighted by Gasteiger charge is -2.17. The maximum atomic E-state index is 12.7. The second-order valence-corrected chi connectivity index (χ2v) is 5.61. The molecule has 0 aliphatic heterocycles. The molecule has 3 N–H and O–H groups in total. The number of anilines is 3. The lowest BCUT2D eigenvalue weighted by molar-refractivity contribution is 0.633. The lowest BCUT2D eigenvalue weighted by Crippen LogP contribution is -2.24. The summed E-state index contributed by atoms with van der Waals surface area (Å²) in [5.74, 6) is 0. The van der Waals surface area contributed by atoms with E-state index >= 15 is 0 Å². The SMILES string of the molecule is CCCCn1c(=O)c(N)c(Nc2ccccc2)c2ccccc21. The summed E-state index contributed by atoms with van der Waals surface area (Å²) in [4.78, 5) is 12.7. The van der Waals surface area contributed by atoms with Gasteiger partial charge in [-0.25, -0.2) is 0 Å². The fourth-order valence-electron chi connectivity index (χ4n) is 2.77. The van der Waals surface area contributed by atoms with Crippen LogP contribution in [0.4, 0.5) is 17.1 Å². The number of aromatic nitrogens is 1. The van der Waals surface area contributed by atoms with Gasteiger partial charge in [-0.05, 0) is 24.6 Å². The molecule has 0 radical (unpaired) electrons. The molecular weight excluding hydrogens is 286 g/mol. The van der Waals surface area contributed by atoms with Crippen LogP contribution in [0, 0.1) is 0 Å². The van der Waals surface area contributed by atoms with Crippen LogP contribution >= 0.6 is 0 Å². The number of nitrogens with zero attached hydrogens (tertiary/aromatic N) is 1. The number of unbranched alkanes of at least 4 members (excludes halogenated alkanes) is 1. The Morgan fingerprint density at radius 3 is 2.48 bits per heavy atom. The van der Waals surface area contributed by atoms with Crippen LogP contribution < -0.4 is 16.6 Å². The molecule has 0 bridgehead atoms. The van der Waals surface area contributed by atoms with E-state index in [0.717, 1.165) is 29.4 Å². The van der Waals surface area contributed by atoms with Crippen LogP contribution in [0.2, 0.25) is 0 Å². The van der Waals surface area contributed by atoms with E-state index in [0.29, 0.717) is 12.2 Å². The standard InChI is InChI=1S/C19H21N3O/c1-2-3-13-22-16-12-8-7-11-15(16)18(17(20)19(22)23)21-14-9-5-4-6-10-14/h4-12,21H,2-3,13,20H2,1H3. The molecule has 4 nitrogen and oxygen atoms in total. The molecule has 118 valence electrons. The van der Waals surface area contributed by atoms with Crippen molar-refractivity contribution in [2.45, 2.75) is 26.3 Å². The van der Waals surface area contributed by atoms with E-state index in [1.807, 2.05) is 54.6 Å². The Morgan fingerprint density at radius 2 is 1.74 bits per heavy atom. The van der Waals surface area contributed by atoms with Crippen molar-refractivity contribution in [3.8, 4) is 0 Å². The van der Waals surface area contributed by atoms with Gasteiger partial charge in [-0.3, -0.25) is 4.79 Å². The van der Waals surface area contributed by atoms with Crippen molar-refractivity contribution in [2.75, 3.05) is 11.1 Å². The summed E-state index contributed by atoms with van der Waals surface area (Å²) in [7, 11) is 0. The molecule has 1 aromatic heterocycles. The van der Waals surface area contributed by atoms with Crippen molar-refractivity contribution in [2.24, 2.45) is 0 Å². The summed E-state index contributed by atoms with van der Waals surface area (Å²) in [5, 5.41) is 4.26. The number of rotatable bonds is 5. The van der Waals surface area contributed by atoms with Crippen molar-refractivity contribution in [1.29, 1.82) is 0 Å². The zero-order valence-corrected chi connectivity index (χ0v) is 13.3. The summed E-state index contributed by atoms with van der Waals surface area (Å²) in [5.41, 5.74) is 8.82. The number of nitrogens with one attached hydrogen (secondary N) is 1. The van der Waals surface area contributed by atoms with Crippen LogP contribution in [-0.4, -0.2) is 4.57 Å². The fourth-order valence-corrected chi connectivity index (χ4v) is 2.77. The van der Waals surface area contributed by atoms with Gasteiger partial charge in [0.2, 0.25) is 0 Å². The highest BCUT2D eigenvalue weighted by Gasteiger charge is 2.14. The van der Waals surface area contributed by atoms with Gasteiger partial charge in [0.15, 0.2) is 0 Å². The van der Waals surface area contributed by atoms with Crippen molar-refractivity contribution < 1.29 is 0 Å². The highest BCUT2D eigenvalue weighted by Crippen LogP contribution is 2.29.